The zero-order chi connectivity index (χ0) is 15.4. The molecule has 0 atom stereocenters. The summed E-state index contributed by atoms with van der Waals surface area (Å²) in [4.78, 5) is 16.3. The minimum Gasteiger partial charge on any atom is -0.302 e. The fraction of sp³-hybridized carbons (Fsp3) is 0.0588. The number of benzene rings is 2. The Balaban J connectivity index is 1.68. The van der Waals surface area contributed by atoms with Crippen molar-refractivity contribution in [2.75, 3.05) is 5.32 Å². The quantitative estimate of drug-likeness (QED) is 0.787. The van der Waals surface area contributed by atoms with Gasteiger partial charge in [0, 0.05) is 10.9 Å². The fourth-order valence-corrected chi connectivity index (χ4v) is 2.79. The van der Waals surface area contributed by atoms with Crippen molar-refractivity contribution in [1.29, 1.82) is 0 Å². The summed E-state index contributed by atoms with van der Waals surface area (Å²) in [5, 5.41) is 5.11. The highest BCUT2D eigenvalue weighted by Gasteiger charge is 2.10. The van der Waals surface area contributed by atoms with E-state index in [-0.39, 0.29) is 18.1 Å². The van der Waals surface area contributed by atoms with Crippen molar-refractivity contribution in [2.45, 2.75) is 6.42 Å². The van der Waals surface area contributed by atoms with Crippen LogP contribution >= 0.6 is 11.3 Å². The molecule has 3 rings (SSSR count). The average Bonchev–Trinajstić information content (AvgIpc) is 2.99. The van der Waals surface area contributed by atoms with E-state index in [1.54, 1.807) is 18.2 Å². The van der Waals surface area contributed by atoms with Crippen LogP contribution in [0, 0.1) is 5.82 Å². The number of anilines is 1. The number of nitrogens with one attached hydrogen (secondary N) is 1. The monoisotopic (exact) mass is 312 g/mol. The molecule has 22 heavy (non-hydrogen) atoms. The first-order valence-electron chi connectivity index (χ1n) is 6.76. The maximum Gasteiger partial charge on any atom is 0.230 e. The Hall–Kier alpha value is -2.53. The van der Waals surface area contributed by atoms with Crippen molar-refractivity contribution in [3.63, 3.8) is 0 Å². The third kappa shape index (κ3) is 3.38. The summed E-state index contributed by atoms with van der Waals surface area (Å²) in [5.41, 5.74) is 2.18. The number of carbonyl (C=O) groups excluding carboxylic acids is 1. The van der Waals surface area contributed by atoms with E-state index in [4.69, 9.17) is 0 Å². The van der Waals surface area contributed by atoms with E-state index in [1.807, 2.05) is 35.7 Å². The molecular weight excluding hydrogens is 299 g/mol. The third-order valence-corrected chi connectivity index (χ3v) is 3.89. The Bertz CT molecular complexity index is 786. The van der Waals surface area contributed by atoms with Crippen LogP contribution in [0.15, 0.2) is 60.0 Å². The summed E-state index contributed by atoms with van der Waals surface area (Å²) in [6.07, 6.45) is -0.00702. The third-order valence-electron chi connectivity index (χ3n) is 3.13. The molecule has 0 aliphatic rings. The highest BCUT2D eigenvalue weighted by Crippen LogP contribution is 2.24. The van der Waals surface area contributed by atoms with E-state index in [2.05, 4.69) is 10.3 Å². The number of amides is 1. The summed E-state index contributed by atoms with van der Waals surface area (Å²) in [6.45, 7) is 0. The van der Waals surface area contributed by atoms with Crippen LogP contribution in [-0.4, -0.2) is 10.9 Å². The van der Waals surface area contributed by atoms with Gasteiger partial charge in [-0.25, -0.2) is 9.37 Å². The molecule has 0 bridgehead atoms. The van der Waals surface area contributed by atoms with Crippen LogP contribution in [0.1, 0.15) is 5.56 Å². The zero-order valence-electron chi connectivity index (χ0n) is 11.6. The molecule has 110 valence electrons. The number of carbonyl (C=O) groups is 1. The number of nitrogens with zero attached hydrogens (tertiary/aromatic N) is 1. The van der Waals surface area contributed by atoms with Gasteiger partial charge in [0.2, 0.25) is 5.91 Å². The second-order valence-corrected chi connectivity index (χ2v) is 5.58. The number of hydrogen-bond acceptors (Lipinski definition) is 3. The van der Waals surface area contributed by atoms with Gasteiger partial charge in [-0.2, -0.15) is 0 Å². The van der Waals surface area contributed by atoms with Crippen LogP contribution in [0.4, 0.5) is 9.52 Å². The summed E-state index contributed by atoms with van der Waals surface area (Å²) < 4.78 is 13.5. The van der Waals surface area contributed by atoms with Crippen LogP contribution in [0.25, 0.3) is 11.3 Å². The Morgan fingerprint density at radius 3 is 2.59 bits per heavy atom. The molecule has 0 saturated heterocycles. The Kier molecular flexibility index (Phi) is 4.25. The number of aromatic nitrogens is 1. The number of thiazole rings is 1. The van der Waals surface area contributed by atoms with E-state index in [1.165, 1.54) is 17.4 Å². The highest BCUT2D eigenvalue weighted by molar-refractivity contribution is 7.14. The minimum absolute atomic E-state index is 0.00702. The molecule has 1 aromatic heterocycles. The second-order valence-electron chi connectivity index (χ2n) is 4.72. The van der Waals surface area contributed by atoms with Crippen molar-refractivity contribution in [3.8, 4) is 11.3 Å². The molecular formula is C17H13FN2OS. The molecule has 0 radical (unpaired) electrons. The first-order chi connectivity index (χ1) is 10.7. The molecule has 0 spiro atoms. The normalized spacial score (nSPS) is 10.4. The van der Waals surface area contributed by atoms with Gasteiger partial charge < -0.3 is 5.32 Å². The van der Waals surface area contributed by atoms with Gasteiger partial charge in [0.25, 0.3) is 0 Å². The second kappa shape index (κ2) is 6.49. The van der Waals surface area contributed by atoms with E-state index < -0.39 is 0 Å². The summed E-state index contributed by atoms with van der Waals surface area (Å²) in [7, 11) is 0. The van der Waals surface area contributed by atoms with E-state index in [9.17, 15) is 9.18 Å². The predicted molar refractivity (Wildman–Crippen MR) is 86.3 cm³/mol. The highest BCUT2D eigenvalue weighted by atomic mass is 32.1. The summed E-state index contributed by atoms with van der Waals surface area (Å²) in [5.74, 6) is -0.652. The van der Waals surface area contributed by atoms with Gasteiger partial charge in [-0.15, -0.1) is 11.3 Å². The lowest BCUT2D eigenvalue weighted by Crippen LogP contribution is -2.15. The van der Waals surface area contributed by atoms with Crippen LogP contribution in [0.5, 0.6) is 0 Å². The van der Waals surface area contributed by atoms with E-state index in [0.717, 1.165) is 11.3 Å². The van der Waals surface area contributed by atoms with Gasteiger partial charge in [-0.1, -0.05) is 48.5 Å². The minimum atomic E-state index is -0.373. The standard InChI is InChI=1S/C17H13FN2OS/c18-14-9-5-4-8-13(14)10-16(21)20-17-19-15(11-22-17)12-6-2-1-3-7-12/h1-9,11H,10H2,(H,19,20,21). The molecule has 1 N–H and O–H groups in total. The number of rotatable bonds is 4. The molecule has 1 heterocycles. The summed E-state index contributed by atoms with van der Waals surface area (Å²) in [6, 6.07) is 16.0. The van der Waals surface area contributed by atoms with Crippen LogP contribution < -0.4 is 5.32 Å². The predicted octanol–water partition coefficient (Wildman–Crippen LogP) is 4.13. The zero-order valence-corrected chi connectivity index (χ0v) is 12.4. The molecule has 5 heteroatoms. The van der Waals surface area contributed by atoms with Crippen molar-refractivity contribution in [1.82, 2.24) is 4.98 Å². The lowest BCUT2D eigenvalue weighted by atomic mass is 10.1. The van der Waals surface area contributed by atoms with Crippen LogP contribution in [0.3, 0.4) is 0 Å². The molecule has 0 unspecified atom stereocenters. The molecule has 0 aliphatic heterocycles. The van der Waals surface area contributed by atoms with Gasteiger partial charge in [0.15, 0.2) is 5.13 Å². The molecule has 0 saturated carbocycles. The maximum atomic E-state index is 13.5. The fourth-order valence-electron chi connectivity index (χ4n) is 2.05. The van der Waals surface area contributed by atoms with Crippen molar-refractivity contribution < 1.29 is 9.18 Å². The molecule has 3 nitrogen and oxygen atoms in total. The van der Waals surface area contributed by atoms with Gasteiger partial charge >= 0.3 is 0 Å². The summed E-state index contributed by atoms with van der Waals surface area (Å²) >= 11 is 1.35. The van der Waals surface area contributed by atoms with Crippen LogP contribution in [0.2, 0.25) is 0 Å². The molecule has 0 aliphatic carbocycles. The number of halogens is 1. The van der Waals surface area contributed by atoms with Crippen molar-refractivity contribution in [3.05, 3.63) is 71.4 Å². The van der Waals surface area contributed by atoms with Gasteiger partial charge in [-0.3, -0.25) is 4.79 Å². The largest absolute Gasteiger partial charge is 0.302 e. The van der Waals surface area contributed by atoms with Crippen LogP contribution in [-0.2, 0) is 11.2 Å². The maximum absolute atomic E-state index is 13.5. The van der Waals surface area contributed by atoms with Crippen molar-refractivity contribution in [2.24, 2.45) is 0 Å². The molecule has 0 fully saturated rings. The molecule has 1 amide bonds. The first kappa shape index (κ1) is 14.4. The average molecular weight is 312 g/mol. The van der Waals surface area contributed by atoms with E-state index >= 15 is 0 Å². The topological polar surface area (TPSA) is 42.0 Å². The SMILES string of the molecule is O=C(Cc1ccccc1F)Nc1nc(-c2ccccc2)cs1. The lowest BCUT2D eigenvalue weighted by molar-refractivity contribution is -0.115. The molecule has 2 aromatic carbocycles. The Morgan fingerprint density at radius 2 is 1.82 bits per heavy atom. The van der Waals surface area contributed by atoms with E-state index in [0.29, 0.717) is 10.7 Å². The molecule has 3 aromatic rings. The van der Waals surface area contributed by atoms with Crippen molar-refractivity contribution >= 4 is 22.4 Å². The Labute approximate surface area is 131 Å². The Morgan fingerprint density at radius 1 is 1.09 bits per heavy atom. The van der Waals surface area contributed by atoms with Gasteiger partial charge in [0.05, 0.1) is 12.1 Å². The lowest BCUT2D eigenvalue weighted by Gasteiger charge is -2.03. The van der Waals surface area contributed by atoms with Gasteiger partial charge in [0.1, 0.15) is 5.82 Å². The smallest absolute Gasteiger partial charge is 0.230 e. The number of hydrogen-bond donors (Lipinski definition) is 1. The first-order valence-corrected chi connectivity index (χ1v) is 7.64. The van der Waals surface area contributed by atoms with Gasteiger partial charge in [-0.05, 0) is 11.6 Å².